The Labute approximate surface area is 94.7 Å². The van der Waals surface area contributed by atoms with Crippen LogP contribution in [0.25, 0.3) is 0 Å². The minimum atomic E-state index is 0.877. The summed E-state index contributed by atoms with van der Waals surface area (Å²) in [6.07, 6.45) is 5.36. The molecule has 1 aliphatic rings. The molecule has 0 bridgehead atoms. The van der Waals surface area contributed by atoms with Gasteiger partial charge in [0.05, 0.1) is 0 Å². The van der Waals surface area contributed by atoms with Crippen LogP contribution in [0.1, 0.15) is 50.3 Å². The van der Waals surface area contributed by atoms with Crippen molar-refractivity contribution >= 4 is 0 Å². The fourth-order valence-corrected chi connectivity index (χ4v) is 2.38. The maximum Gasteiger partial charge on any atom is -0.0248 e. The van der Waals surface area contributed by atoms with Gasteiger partial charge in [-0.25, -0.2) is 0 Å². The van der Waals surface area contributed by atoms with Crippen LogP contribution < -0.4 is 0 Å². The number of fused-ring (bicyclic) bond motifs is 1. The van der Waals surface area contributed by atoms with E-state index in [9.17, 15) is 0 Å². The van der Waals surface area contributed by atoms with Crippen molar-refractivity contribution in [2.45, 2.75) is 53.4 Å². The summed E-state index contributed by atoms with van der Waals surface area (Å²) in [7, 11) is 0. The van der Waals surface area contributed by atoms with Crippen LogP contribution in [0.5, 0.6) is 0 Å². The summed E-state index contributed by atoms with van der Waals surface area (Å²) in [6, 6.07) is 6.75. The first kappa shape index (κ1) is 12.3. The van der Waals surface area contributed by atoms with Gasteiger partial charge in [-0.05, 0) is 48.8 Å². The van der Waals surface area contributed by atoms with Gasteiger partial charge in [-0.15, -0.1) is 0 Å². The molecular weight excluding hydrogens is 180 g/mol. The van der Waals surface area contributed by atoms with Crippen LogP contribution in [-0.2, 0) is 12.8 Å². The molecule has 0 aromatic heterocycles. The molecule has 0 N–H and O–H groups in total. The summed E-state index contributed by atoms with van der Waals surface area (Å²) >= 11 is 0. The zero-order chi connectivity index (χ0) is 11.3. The summed E-state index contributed by atoms with van der Waals surface area (Å²) in [4.78, 5) is 0. The molecule has 2 rings (SSSR count). The first-order chi connectivity index (χ1) is 7.27. The zero-order valence-electron chi connectivity index (χ0n) is 10.6. The van der Waals surface area contributed by atoms with Crippen LogP contribution >= 0.6 is 0 Å². The van der Waals surface area contributed by atoms with Gasteiger partial charge in [0.15, 0.2) is 0 Å². The van der Waals surface area contributed by atoms with Crippen molar-refractivity contribution in [1.82, 2.24) is 0 Å². The topological polar surface area (TPSA) is 0 Å². The maximum absolute atomic E-state index is 2.38. The number of benzene rings is 1. The summed E-state index contributed by atoms with van der Waals surface area (Å²) in [5.41, 5.74) is 4.73. The normalized spacial score (nSPS) is 19.6. The van der Waals surface area contributed by atoms with Crippen molar-refractivity contribution in [2.75, 3.05) is 0 Å². The maximum atomic E-state index is 2.38. The van der Waals surface area contributed by atoms with Crippen LogP contribution in [0.15, 0.2) is 18.2 Å². The predicted octanol–water partition coefficient (Wildman–Crippen LogP) is 4.54. The summed E-state index contributed by atoms with van der Waals surface area (Å²) in [6.45, 7) is 8.62. The smallest absolute Gasteiger partial charge is 0.0248 e. The van der Waals surface area contributed by atoms with Gasteiger partial charge in [0.25, 0.3) is 0 Å². The Morgan fingerprint density at radius 2 is 1.93 bits per heavy atom. The lowest BCUT2D eigenvalue weighted by Gasteiger charge is -2.11. The number of hydrogen-bond donors (Lipinski definition) is 0. The fraction of sp³-hybridized carbons (Fsp3) is 0.600. The lowest BCUT2D eigenvalue weighted by molar-refractivity contribution is 0.526. The molecule has 1 aromatic rings. The third-order valence-corrected chi connectivity index (χ3v) is 3.20. The Balaban J connectivity index is 0.000000531. The minimum absolute atomic E-state index is 0.877. The van der Waals surface area contributed by atoms with E-state index < -0.39 is 0 Å². The van der Waals surface area contributed by atoms with Gasteiger partial charge in [-0.3, -0.25) is 0 Å². The van der Waals surface area contributed by atoms with Gasteiger partial charge in [-0.1, -0.05) is 45.4 Å². The largest absolute Gasteiger partial charge is 0.0683 e. The molecule has 0 nitrogen and oxygen atoms in total. The Bertz CT molecular complexity index is 299. The summed E-state index contributed by atoms with van der Waals surface area (Å²) < 4.78 is 0. The summed E-state index contributed by atoms with van der Waals surface area (Å²) in [5, 5.41) is 0. The van der Waals surface area contributed by atoms with E-state index in [1.54, 1.807) is 11.1 Å². The molecule has 84 valence electrons. The highest BCUT2D eigenvalue weighted by atomic mass is 14.2. The van der Waals surface area contributed by atoms with E-state index in [1.807, 2.05) is 13.8 Å². The number of rotatable bonds is 0. The van der Waals surface area contributed by atoms with Crippen LogP contribution in [-0.4, -0.2) is 0 Å². The minimum Gasteiger partial charge on any atom is -0.0683 e. The van der Waals surface area contributed by atoms with Crippen LogP contribution in [0.2, 0.25) is 0 Å². The second-order valence-corrected chi connectivity index (χ2v) is 4.41. The molecule has 0 heterocycles. The van der Waals surface area contributed by atoms with Crippen molar-refractivity contribution in [2.24, 2.45) is 5.92 Å². The van der Waals surface area contributed by atoms with E-state index in [0.717, 1.165) is 5.92 Å². The molecule has 0 aliphatic heterocycles. The lowest BCUT2D eigenvalue weighted by Crippen LogP contribution is -1.99. The molecule has 0 radical (unpaired) electrons. The van der Waals surface area contributed by atoms with E-state index in [2.05, 4.69) is 32.0 Å². The summed E-state index contributed by atoms with van der Waals surface area (Å²) in [5.74, 6) is 0.877. The molecule has 0 fully saturated rings. The third kappa shape index (κ3) is 3.09. The molecule has 0 unspecified atom stereocenters. The highest BCUT2D eigenvalue weighted by Gasteiger charge is 2.13. The molecule has 0 saturated carbocycles. The van der Waals surface area contributed by atoms with E-state index >= 15 is 0 Å². The number of aryl methyl sites for hydroxylation is 2. The second-order valence-electron chi connectivity index (χ2n) is 4.41. The highest BCUT2D eigenvalue weighted by molar-refractivity contribution is 5.35. The number of hydrogen-bond acceptors (Lipinski definition) is 0. The first-order valence-corrected chi connectivity index (χ1v) is 6.34. The van der Waals surface area contributed by atoms with Gasteiger partial charge in [0.2, 0.25) is 0 Å². The van der Waals surface area contributed by atoms with Gasteiger partial charge in [-0.2, -0.15) is 0 Å². The first-order valence-electron chi connectivity index (χ1n) is 6.34. The quantitative estimate of drug-likeness (QED) is 0.544. The van der Waals surface area contributed by atoms with Gasteiger partial charge in [0.1, 0.15) is 0 Å². The Kier molecular flexibility index (Phi) is 4.87. The van der Waals surface area contributed by atoms with Gasteiger partial charge >= 0.3 is 0 Å². The monoisotopic (exact) mass is 204 g/mol. The second kappa shape index (κ2) is 5.95. The molecule has 0 amide bonds. The van der Waals surface area contributed by atoms with Crippen molar-refractivity contribution in [3.05, 3.63) is 34.9 Å². The van der Waals surface area contributed by atoms with Crippen LogP contribution in [0.3, 0.4) is 0 Å². The molecule has 1 aliphatic carbocycles. The van der Waals surface area contributed by atoms with Crippen molar-refractivity contribution in [3.63, 3.8) is 0 Å². The van der Waals surface area contributed by atoms with Crippen LogP contribution in [0, 0.1) is 12.8 Å². The van der Waals surface area contributed by atoms with Gasteiger partial charge < -0.3 is 0 Å². The molecule has 0 spiro atoms. The SMILES string of the molecule is CC.Cc1cccc2c1C[C@H](C)CCC2. The Morgan fingerprint density at radius 3 is 2.67 bits per heavy atom. The third-order valence-electron chi connectivity index (χ3n) is 3.20. The zero-order valence-corrected chi connectivity index (χ0v) is 10.6. The average Bonchev–Trinajstić information content (AvgIpc) is 2.44. The van der Waals surface area contributed by atoms with E-state index in [0.29, 0.717) is 0 Å². The molecule has 0 heteroatoms. The predicted molar refractivity (Wildman–Crippen MR) is 68.3 cm³/mol. The Morgan fingerprint density at radius 1 is 1.20 bits per heavy atom. The van der Waals surface area contributed by atoms with E-state index in [-0.39, 0.29) is 0 Å². The molecule has 0 saturated heterocycles. The van der Waals surface area contributed by atoms with E-state index in [1.165, 1.54) is 31.2 Å². The standard InChI is InChI=1S/C13H18.C2H6/c1-10-5-3-7-12-8-4-6-11(2)13(12)9-10;1-2/h4,6,8,10H,3,5,7,9H2,1-2H3;1-2H3/t10-;/m1./s1. The van der Waals surface area contributed by atoms with Crippen molar-refractivity contribution < 1.29 is 0 Å². The van der Waals surface area contributed by atoms with Crippen molar-refractivity contribution in [1.29, 1.82) is 0 Å². The molecule has 15 heavy (non-hydrogen) atoms. The van der Waals surface area contributed by atoms with E-state index in [4.69, 9.17) is 0 Å². The molecular formula is C15H24. The average molecular weight is 204 g/mol. The molecule has 1 atom stereocenters. The van der Waals surface area contributed by atoms with Crippen LogP contribution in [0.4, 0.5) is 0 Å². The highest BCUT2D eigenvalue weighted by Crippen LogP contribution is 2.26. The lowest BCUT2D eigenvalue weighted by atomic mass is 9.95. The Hall–Kier alpha value is -0.780. The van der Waals surface area contributed by atoms with Gasteiger partial charge in [0, 0.05) is 0 Å². The fourth-order valence-electron chi connectivity index (χ4n) is 2.38. The molecule has 1 aromatic carbocycles. The van der Waals surface area contributed by atoms with Crippen molar-refractivity contribution in [3.8, 4) is 0 Å².